The van der Waals surface area contributed by atoms with Crippen LogP contribution in [0, 0.1) is 0 Å². The maximum Gasteiger partial charge on any atom is 0.257 e. The van der Waals surface area contributed by atoms with Crippen molar-refractivity contribution in [3.05, 3.63) is 71.5 Å². The zero-order valence-electron chi connectivity index (χ0n) is 14.3. The molecule has 5 nitrogen and oxygen atoms in total. The van der Waals surface area contributed by atoms with Crippen LogP contribution in [0.4, 0.5) is 0 Å². The number of ether oxygens (including phenoxy) is 1. The smallest absolute Gasteiger partial charge is 0.257 e. The quantitative estimate of drug-likeness (QED) is 0.612. The molecule has 1 heterocycles. The number of amides is 1. The third kappa shape index (κ3) is 4.73. The molecule has 0 bridgehead atoms. The van der Waals surface area contributed by atoms with Gasteiger partial charge in [-0.1, -0.05) is 52.8 Å². The summed E-state index contributed by atoms with van der Waals surface area (Å²) >= 11 is 3.42. The van der Waals surface area contributed by atoms with Crippen LogP contribution in [0.25, 0.3) is 11.0 Å². The van der Waals surface area contributed by atoms with Gasteiger partial charge >= 0.3 is 0 Å². The van der Waals surface area contributed by atoms with Crippen LogP contribution in [0.3, 0.4) is 0 Å². The molecule has 0 aliphatic rings. The molecule has 1 amide bonds. The number of halogens is 1. The minimum atomic E-state index is -0.151. The Balaban J connectivity index is 1.57. The maximum absolute atomic E-state index is 12.0. The van der Waals surface area contributed by atoms with Gasteiger partial charge in [0.15, 0.2) is 6.61 Å². The molecule has 3 aromatic rings. The molecule has 0 unspecified atom stereocenters. The predicted molar refractivity (Wildman–Crippen MR) is 106 cm³/mol. The van der Waals surface area contributed by atoms with Gasteiger partial charge in [0.2, 0.25) is 0 Å². The van der Waals surface area contributed by atoms with Crippen LogP contribution in [0.15, 0.2) is 65.7 Å². The van der Waals surface area contributed by atoms with Crippen LogP contribution in [0.2, 0.25) is 0 Å². The van der Waals surface area contributed by atoms with Crippen molar-refractivity contribution in [1.82, 2.24) is 14.9 Å². The molecule has 0 aliphatic carbocycles. The lowest BCUT2D eigenvalue weighted by atomic mass is 10.3. The number of carbonyl (C=O) groups is 1. The van der Waals surface area contributed by atoms with E-state index in [0.29, 0.717) is 25.3 Å². The van der Waals surface area contributed by atoms with Crippen molar-refractivity contribution >= 4 is 32.9 Å². The fraction of sp³-hybridized carbons (Fsp3) is 0.200. The molecule has 0 saturated carbocycles. The summed E-state index contributed by atoms with van der Waals surface area (Å²) in [7, 11) is 0. The molecule has 0 atom stereocenters. The molecule has 1 N–H and O–H groups in total. The molecule has 1 aromatic heterocycles. The summed E-state index contributed by atoms with van der Waals surface area (Å²) in [5.74, 6) is 1.44. The Morgan fingerprint density at radius 2 is 1.88 bits per heavy atom. The first-order valence-corrected chi connectivity index (χ1v) is 9.15. The highest BCUT2D eigenvalue weighted by Gasteiger charge is 2.11. The standard InChI is InChI=1S/C20H20BrN3O2/c1-15(21)13-24-18-10-6-5-9-17(18)23-19(24)11-12-22-20(25)14-26-16-7-3-2-4-8-16/h2-10H,1,11-14H2,(H,22,25). The van der Waals surface area contributed by atoms with Crippen LogP contribution in [0.1, 0.15) is 5.82 Å². The lowest BCUT2D eigenvalue weighted by Gasteiger charge is -2.10. The summed E-state index contributed by atoms with van der Waals surface area (Å²) in [5, 5.41) is 2.87. The van der Waals surface area contributed by atoms with Gasteiger partial charge in [-0.05, 0) is 24.3 Å². The van der Waals surface area contributed by atoms with Crippen LogP contribution in [0.5, 0.6) is 5.75 Å². The highest BCUT2D eigenvalue weighted by molar-refractivity contribution is 9.11. The molecule has 2 aromatic carbocycles. The first kappa shape index (κ1) is 18.2. The number of imidazole rings is 1. The maximum atomic E-state index is 12.0. The Morgan fingerprint density at radius 1 is 1.15 bits per heavy atom. The number of hydrogen-bond donors (Lipinski definition) is 1. The lowest BCUT2D eigenvalue weighted by molar-refractivity contribution is -0.123. The highest BCUT2D eigenvalue weighted by atomic mass is 79.9. The van der Waals surface area contributed by atoms with Crippen molar-refractivity contribution in [3.8, 4) is 5.75 Å². The first-order chi connectivity index (χ1) is 12.6. The van der Waals surface area contributed by atoms with Crippen LogP contribution in [-0.4, -0.2) is 28.6 Å². The van der Waals surface area contributed by atoms with E-state index in [1.54, 1.807) is 0 Å². The van der Waals surface area contributed by atoms with Gasteiger partial charge in [-0.15, -0.1) is 0 Å². The van der Waals surface area contributed by atoms with Crippen molar-refractivity contribution in [2.24, 2.45) is 0 Å². The van der Waals surface area contributed by atoms with Gasteiger partial charge in [0.25, 0.3) is 5.91 Å². The second-order valence-corrected chi connectivity index (χ2v) is 6.94. The van der Waals surface area contributed by atoms with Crippen molar-refractivity contribution in [2.75, 3.05) is 13.2 Å². The lowest BCUT2D eigenvalue weighted by Crippen LogP contribution is -2.31. The Morgan fingerprint density at radius 3 is 2.65 bits per heavy atom. The second-order valence-electron chi connectivity index (χ2n) is 5.82. The van der Waals surface area contributed by atoms with Gasteiger partial charge in [-0.3, -0.25) is 4.79 Å². The van der Waals surface area contributed by atoms with Gasteiger partial charge < -0.3 is 14.6 Å². The third-order valence-electron chi connectivity index (χ3n) is 3.85. The van der Waals surface area contributed by atoms with E-state index in [2.05, 4.69) is 37.4 Å². The van der Waals surface area contributed by atoms with E-state index in [1.807, 2.05) is 54.6 Å². The number of aromatic nitrogens is 2. The second kappa shape index (κ2) is 8.67. The molecular weight excluding hydrogens is 394 g/mol. The molecular formula is C20H20BrN3O2. The molecule has 26 heavy (non-hydrogen) atoms. The zero-order chi connectivity index (χ0) is 18.4. The number of carbonyl (C=O) groups excluding carboxylic acids is 1. The van der Waals surface area contributed by atoms with Gasteiger partial charge in [0.05, 0.1) is 17.6 Å². The monoisotopic (exact) mass is 413 g/mol. The fourth-order valence-corrected chi connectivity index (χ4v) is 2.95. The zero-order valence-corrected chi connectivity index (χ0v) is 15.9. The van der Waals surface area contributed by atoms with E-state index in [-0.39, 0.29) is 12.5 Å². The number of benzene rings is 2. The summed E-state index contributed by atoms with van der Waals surface area (Å²) in [6, 6.07) is 17.3. The van der Waals surface area contributed by atoms with Gasteiger partial charge in [-0.2, -0.15) is 0 Å². The van der Waals surface area contributed by atoms with E-state index in [1.165, 1.54) is 0 Å². The summed E-state index contributed by atoms with van der Waals surface area (Å²) in [4.78, 5) is 16.6. The number of rotatable bonds is 8. The van der Waals surface area contributed by atoms with Gasteiger partial charge in [0, 0.05) is 17.4 Å². The number of allylic oxidation sites excluding steroid dienone is 1. The molecule has 0 fully saturated rings. The van der Waals surface area contributed by atoms with Crippen molar-refractivity contribution in [1.29, 1.82) is 0 Å². The molecule has 0 spiro atoms. The minimum absolute atomic E-state index is 0.00135. The van der Waals surface area contributed by atoms with Crippen LogP contribution in [-0.2, 0) is 17.8 Å². The number of nitrogens with one attached hydrogen (secondary N) is 1. The Bertz CT molecular complexity index is 906. The molecule has 6 heteroatoms. The van der Waals surface area contributed by atoms with Gasteiger partial charge in [-0.25, -0.2) is 4.98 Å². The molecule has 0 saturated heterocycles. The van der Waals surface area contributed by atoms with Crippen molar-refractivity contribution < 1.29 is 9.53 Å². The number of fused-ring (bicyclic) bond motifs is 1. The third-order valence-corrected chi connectivity index (χ3v) is 4.10. The molecule has 0 radical (unpaired) electrons. The molecule has 3 rings (SSSR count). The fourth-order valence-electron chi connectivity index (χ4n) is 2.69. The summed E-state index contributed by atoms with van der Waals surface area (Å²) in [5.41, 5.74) is 2.00. The van der Waals surface area contributed by atoms with E-state index in [0.717, 1.165) is 21.3 Å². The van der Waals surface area contributed by atoms with Crippen LogP contribution >= 0.6 is 15.9 Å². The normalized spacial score (nSPS) is 10.7. The molecule has 134 valence electrons. The van der Waals surface area contributed by atoms with Gasteiger partial charge in [0.1, 0.15) is 11.6 Å². The first-order valence-electron chi connectivity index (χ1n) is 8.35. The highest BCUT2D eigenvalue weighted by Crippen LogP contribution is 2.19. The molecule has 0 aliphatic heterocycles. The average molecular weight is 414 g/mol. The summed E-state index contributed by atoms with van der Waals surface area (Å²) in [6.07, 6.45) is 0.631. The largest absolute Gasteiger partial charge is 0.484 e. The van der Waals surface area contributed by atoms with E-state index >= 15 is 0 Å². The summed E-state index contributed by atoms with van der Waals surface area (Å²) in [6.45, 7) is 5.05. The predicted octanol–water partition coefficient (Wildman–Crippen LogP) is 3.68. The van der Waals surface area contributed by atoms with Crippen molar-refractivity contribution in [2.45, 2.75) is 13.0 Å². The Labute approximate surface area is 160 Å². The number of para-hydroxylation sites is 3. The van der Waals surface area contributed by atoms with E-state index < -0.39 is 0 Å². The van der Waals surface area contributed by atoms with Crippen LogP contribution < -0.4 is 10.1 Å². The number of hydrogen-bond acceptors (Lipinski definition) is 3. The number of nitrogens with zero attached hydrogens (tertiary/aromatic N) is 2. The van der Waals surface area contributed by atoms with E-state index in [9.17, 15) is 4.79 Å². The SMILES string of the molecule is C=C(Br)Cn1c(CCNC(=O)COc2ccccc2)nc2ccccc21. The Hall–Kier alpha value is -2.60. The van der Waals surface area contributed by atoms with Crippen molar-refractivity contribution in [3.63, 3.8) is 0 Å². The average Bonchev–Trinajstić information content (AvgIpc) is 2.98. The van der Waals surface area contributed by atoms with E-state index in [4.69, 9.17) is 4.74 Å². The Kier molecular flexibility index (Phi) is 6.07. The minimum Gasteiger partial charge on any atom is -0.484 e. The summed E-state index contributed by atoms with van der Waals surface area (Å²) < 4.78 is 8.43. The topological polar surface area (TPSA) is 56.2 Å².